The zero-order valence-corrected chi connectivity index (χ0v) is 11.3. The lowest BCUT2D eigenvalue weighted by atomic mass is 9.85. The van der Waals surface area contributed by atoms with Crippen LogP contribution in [0.4, 0.5) is 0 Å². The third-order valence-electron chi connectivity index (χ3n) is 3.97. The molecule has 0 saturated carbocycles. The molecule has 0 radical (unpaired) electrons. The molecule has 2 rings (SSSR count). The third kappa shape index (κ3) is 2.27. The van der Waals surface area contributed by atoms with Gasteiger partial charge in [-0.3, -0.25) is 4.79 Å². The van der Waals surface area contributed by atoms with Gasteiger partial charge in [-0.05, 0) is 56.8 Å². The number of carboxylic acids is 1. The number of nitrogens with one attached hydrogen (secondary N) is 1. The van der Waals surface area contributed by atoms with Crippen molar-refractivity contribution in [3.8, 4) is 0 Å². The molecule has 0 aromatic heterocycles. The summed E-state index contributed by atoms with van der Waals surface area (Å²) >= 11 is 0. The van der Waals surface area contributed by atoms with E-state index in [-0.39, 0.29) is 0 Å². The molecule has 1 aliphatic heterocycles. The average Bonchev–Trinajstić information content (AvgIpc) is 2.73. The number of aliphatic carboxylic acids is 1. The van der Waals surface area contributed by atoms with Crippen molar-refractivity contribution in [2.45, 2.75) is 45.6 Å². The van der Waals surface area contributed by atoms with Crippen molar-refractivity contribution in [1.29, 1.82) is 0 Å². The summed E-state index contributed by atoms with van der Waals surface area (Å²) in [6, 6.07) is 4.26. The van der Waals surface area contributed by atoms with Crippen LogP contribution in [0.5, 0.6) is 0 Å². The minimum Gasteiger partial charge on any atom is -0.480 e. The first kappa shape index (κ1) is 13.1. The van der Waals surface area contributed by atoms with Gasteiger partial charge in [0.15, 0.2) is 0 Å². The number of hydrogen-bond acceptors (Lipinski definition) is 2. The first-order valence-electron chi connectivity index (χ1n) is 6.50. The molecule has 2 N–H and O–H groups in total. The van der Waals surface area contributed by atoms with E-state index in [2.05, 4.69) is 38.2 Å². The summed E-state index contributed by atoms with van der Waals surface area (Å²) in [5.41, 5.74) is 4.05. The molecule has 0 bridgehead atoms. The van der Waals surface area contributed by atoms with E-state index in [1.54, 1.807) is 0 Å². The van der Waals surface area contributed by atoms with Gasteiger partial charge < -0.3 is 10.4 Å². The van der Waals surface area contributed by atoms with Crippen LogP contribution in [0, 0.1) is 20.8 Å². The van der Waals surface area contributed by atoms with Crippen molar-refractivity contribution in [3.63, 3.8) is 0 Å². The van der Waals surface area contributed by atoms with Crippen molar-refractivity contribution in [1.82, 2.24) is 5.32 Å². The zero-order chi connectivity index (χ0) is 13.3. The first-order valence-corrected chi connectivity index (χ1v) is 6.50. The SMILES string of the molecule is Cc1cc(C)c(CC2(C(=O)O)CCCN2)c(C)c1. The van der Waals surface area contributed by atoms with Gasteiger partial charge in [0.05, 0.1) is 0 Å². The Bertz CT molecular complexity index is 450. The molecule has 3 nitrogen and oxygen atoms in total. The van der Waals surface area contributed by atoms with Crippen molar-refractivity contribution in [2.24, 2.45) is 0 Å². The number of aryl methyl sites for hydroxylation is 3. The summed E-state index contributed by atoms with van der Waals surface area (Å²) in [5, 5.41) is 12.7. The average molecular weight is 247 g/mol. The monoisotopic (exact) mass is 247 g/mol. The number of benzene rings is 1. The lowest BCUT2D eigenvalue weighted by Crippen LogP contribution is -2.49. The molecule has 3 heteroatoms. The molecule has 1 aromatic rings. The molecule has 1 heterocycles. The maximum absolute atomic E-state index is 11.6. The topological polar surface area (TPSA) is 49.3 Å². The highest BCUT2D eigenvalue weighted by molar-refractivity contribution is 5.80. The molecule has 1 fully saturated rings. The largest absolute Gasteiger partial charge is 0.480 e. The van der Waals surface area contributed by atoms with E-state index >= 15 is 0 Å². The molecular formula is C15H21NO2. The number of carboxylic acid groups (broad SMARTS) is 1. The molecule has 18 heavy (non-hydrogen) atoms. The molecule has 0 amide bonds. The number of carbonyl (C=O) groups is 1. The van der Waals surface area contributed by atoms with Crippen LogP contribution in [0.15, 0.2) is 12.1 Å². The molecule has 1 unspecified atom stereocenters. The van der Waals surface area contributed by atoms with Gasteiger partial charge >= 0.3 is 5.97 Å². The molecular weight excluding hydrogens is 226 g/mol. The predicted octanol–water partition coefficient (Wildman–Crippen LogP) is 2.36. The van der Waals surface area contributed by atoms with Crippen LogP contribution >= 0.6 is 0 Å². The van der Waals surface area contributed by atoms with Gasteiger partial charge in [-0.15, -0.1) is 0 Å². The highest BCUT2D eigenvalue weighted by Crippen LogP contribution is 2.28. The van der Waals surface area contributed by atoms with Gasteiger partial charge in [0, 0.05) is 6.42 Å². The molecule has 1 aromatic carbocycles. The van der Waals surface area contributed by atoms with E-state index in [0.717, 1.165) is 19.4 Å². The standard InChI is InChI=1S/C15H21NO2/c1-10-7-11(2)13(12(3)8-10)9-15(14(17)18)5-4-6-16-15/h7-8,16H,4-6,9H2,1-3H3,(H,17,18). The normalized spacial score (nSPS) is 23.3. The fourth-order valence-corrected chi connectivity index (χ4v) is 3.01. The fourth-order valence-electron chi connectivity index (χ4n) is 3.01. The molecule has 1 atom stereocenters. The van der Waals surface area contributed by atoms with E-state index in [9.17, 15) is 9.90 Å². The number of hydrogen-bond donors (Lipinski definition) is 2. The smallest absolute Gasteiger partial charge is 0.324 e. The Morgan fingerprint density at radius 3 is 2.39 bits per heavy atom. The third-order valence-corrected chi connectivity index (χ3v) is 3.97. The molecule has 1 aliphatic rings. The van der Waals surface area contributed by atoms with Crippen LogP contribution < -0.4 is 5.32 Å². The highest BCUT2D eigenvalue weighted by Gasteiger charge is 2.41. The van der Waals surface area contributed by atoms with Crippen LogP contribution in [0.2, 0.25) is 0 Å². The van der Waals surface area contributed by atoms with Gasteiger partial charge in [-0.1, -0.05) is 17.7 Å². The van der Waals surface area contributed by atoms with E-state index in [1.165, 1.54) is 22.3 Å². The van der Waals surface area contributed by atoms with Crippen LogP contribution in [-0.4, -0.2) is 23.2 Å². The van der Waals surface area contributed by atoms with Crippen molar-refractivity contribution in [2.75, 3.05) is 6.54 Å². The Kier molecular flexibility index (Phi) is 3.44. The summed E-state index contributed by atoms with van der Waals surface area (Å²) < 4.78 is 0. The second kappa shape index (κ2) is 4.73. The van der Waals surface area contributed by atoms with E-state index in [1.807, 2.05) is 0 Å². The fraction of sp³-hybridized carbons (Fsp3) is 0.533. The van der Waals surface area contributed by atoms with Gasteiger partial charge in [0.2, 0.25) is 0 Å². The minimum absolute atomic E-state index is 0.584. The lowest BCUT2D eigenvalue weighted by Gasteiger charge is -2.26. The summed E-state index contributed by atoms with van der Waals surface area (Å²) in [5.74, 6) is -0.723. The maximum Gasteiger partial charge on any atom is 0.324 e. The van der Waals surface area contributed by atoms with Crippen LogP contribution in [0.3, 0.4) is 0 Å². The lowest BCUT2D eigenvalue weighted by molar-refractivity contribution is -0.144. The van der Waals surface area contributed by atoms with Crippen molar-refractivity contribution < 1.29 is 9.90 Å². The van der Waals surface area contributed by atoms with Crippen molar-refractivity contribution >= 4 is 5.97 Å². The molecule has 0 spiro atoms. The van der Waals surface area contributed by atoms with Crippen LogP contribution in [-0.2, 0) is 11.2 Å². The van der Waals surface area contributed by atoms with E-state index < -0.39 is 11.5 Å². The second-order valence-electron chi connectivity index (χ2n) is 5.47. The maximum atomic E-state index is 11.6. The molecule has 1 saturated heterocycles. The summed E-state index contributed by atoms with van der Waals surface area (Å²) in [7, 11) is 0. The summed E-state index contributed by atoms with van der Waals surface area (Å²) in [6.07, 6.45) is 2.24. The van der Waals surface area contributed by atoms with Gasteiger partial charge in [0.25, 0.3) is 0 Å². The molecule has 0 aliphatic carbocycles. The van der Waals surface area contributed by atoms with Crippen LogP contribution in [0.25, 0.3) is 0 Å². The molecule has 98 valence electrons. The van der Waals surface area contributed by atoms with E-state index in [4.69, 9.17) is 0 Å². The Hall–Kier alpha value is -1.35. The quantitative estimate of drug-likeness (QED) is 0.862. The Labute approximate surface area is 108 Å². The van der Waals surface area contributed by atoms with Crippen LogP contribution in [0.1, 0.15) is 35.1 Å². The van der Waals surface area contributed by atoms with Gasteiger partial charge in [-0.25, -0.2) is 0 Å². The summed E-state index contributed by atoms with van der Waals surface area (Å²) in [6.45, 7) is 7.01. The Morgan fingerprint density at radius 2 is 1.94 bits per heavy atom. The summed E-state index contributed by atoms with van der Waals surface area (Å²) in [4.78, 5) is 11.6. The first-order chi connectivity index (χ1) is 8.44. The zero-order valence-electron chi connectivity index (χ0n) is 11.3. The van der Waals surface area contributed by atoms with Gasteiger partial charge in [-0.2, -0.15) is 0 Å². The Morgan fingerprint density at radius 1 is 1.33 bits per heavy atom. The second-order valence-corrected chi connectivity index (χ2v) is 5.47. The minimum atomic E-state index is -0.759. The van der Waals surface area contributed by atoms with E-state index in [0.29, 0.717) is 6.42 Å². The Balaban J connectivity index is 2.36. The highest BCUT2D eigenvalue weighted by atomic mass is 16.4. The van der Waals surface area contributed by atoms with Crippen molar-refractivity contribution in [3.05, 3.63) is 34.4 Å². The van der Waals surface area contributed by atoms with Gasteiger partial charge in [0.1, 0.15) is 5.54 Å². The number of rotatable bonds is 3. The predicted molar refractivity (Wildman–Crippen MR) is 72.0 cm³/mol.